The molecule has 212 valence electrons. The van der Waals surface area contributed by atoms with Gasteiger partial charge in [0.1, 0.15) is 16.9 Å². The van der Waals surface area contributed by atoms with Crippen LogP contribution in [-0.4, -0.2) is 47.3 Å². The minimum Gasteiger partial charge on any atom is -0.460 e. The first-order valence-electron chi connectivity index (χ1n) is 14.9. The van der Waals surface area contributed by atoms with Crippen molar-refractivity contribution in [2.75, 3.05) is 19.6 Å². The van der Waals surface area contributed by atoms with Gasteiger partial charge in [-0.15, -0.1) is 0 Å². The zero-order chi connectivity index (χ0) is 28.4. The fraction of sp³-hybridized carbons (Fsp3) is 0.441. The maximum Gasteiger partial charge on any atom is 0.339 e. The zero-order valence-electron chi connectivity index (χ0n) is 24.0. The van der Waals surface area contributed by atoms with Gasteiger partial charge in [0.25, 0.3) is 0 Å². The van der Waals surface area contributed by atoms with Crippen molar-refractivity contribution in [2.24, 2.45) is 11.8 Å². The van der Waals surface area contributed by atoms with Crippen molar-refractivity contribution >= 4 is 33.8 Å². The van der Waals surface area contributed by atoms with Crippen LogP contribution in [0.25, 0.3) is 33.1 Å². The molecule has 2 bridgehead atoms. The molecule has 7 heteroatoms. The highest BCUT2D eigenvalue weighted by atomic mass is 16.4. The number of fused-ring (bicyclic) bond motifs is 6. The van der Waals surface area contributed by atoms with Crippen molar-refractivity contribution in [2.45, 2.75) is 65.3 Å². The first kappa shape index (κ1) is 26.1. The highest BCUT2D eigenvalue weighted by Gasteiger charge is 2.44. The second kappa shape index (κ2) is 9.89. The maximum absolute atomic E-state index is 13.4. The van der Waals surface area contributed by atoms with Crippen molar-refractivity contribution in [3.8, 4) is 11.1 Å². The third-order valence-corrected chi connectivity index (χ3v) is 9.82. The van der Waals surface area contributed by atoms with E-state index in [1.807, 2.05) is 43.9 Å². The molecule has 7 rings (SSSR count). The monoisotopic (exact) mass is 552 g/mol. The quantitative estimate of drug-likeness (QED) is 0.293. The summed E-state index contributed by atoms with van der Waals surface area (Å²) in [6.07, 6.45) is 4.35. The van der Waals surface area contributed by atoms with Gasteiger partial charge >= 0.3 is 5.63 Å². The number of furan rings is 1. The lowest BCUT2D eigenvalue weighted by Crippen LogP contribution is -2.61. The van der Waals surface area contributed by atoms with Gasteiger partial charge in [0.05, 0.1) is 0 Å². The van der Waals surface area contributed by atoms with Crippen LogP contribution in [0.3, 0.4) is 0 Å². The number of hydrogen-bond donors (Lipinski definition) is 0. The molecule has 3 fully saturated rings. The number of hydrogen-bond acceptors (Lipinski definition) is 5. The summed E-state index contributed by atoms with van der Waals surface area (Å²) in [4.78, 5) is 43.2. The predicted octanol–water partition coefficient (Wildman–Crippen LogP) is 5.92. The molecule has 0 N–H and O–H groups in total. The van der Waals surface area contributed by atoms with Gasteiger partial charge in [-0.3, -0.25) is 9.59 Å². The third-order valence-electron chi connectivity index (χ3n) is 9.82. The summed E-state index contributed by atoms with van der Waals surface area (Å²) >= 11 is 0. The van der Waals surface area contributed by atoms with Gasteiger partial charge in [-0.2, -0.15) is 0 Å². The molecule has 41 heavy (non-hydrogen) atoms. The van der Waals surface area contributed by atoms with Crippen LogP contribution in [0.4, 0.5) is 0 Å². The second-order valence-corrected chi connectivity index (χ2v) is 12.3. The van der Waals surface area contributed by atoms with Gasteiger partial charge in [-0.1, -0.05) is 30.3 Å². The second-order valence-electron chi connectivity index (χ2n) is 12.3. The van der Waals surface area contributed by atoms with Crippen LogP contribution in [-0.2, 0) is 16.0 Å². The van der Waals surface area contributed by atoms with Gasteiger partial charge in [0.2, 0.25) is 11.8 Å². The molecule has 3 aliphatic rings. The van der Waals surface area contributed by atoms with Crippen molar-refractivity contribution in [1.29, 1.82) is 0 Å². The van der Waals surface area contributed by atoms with Gasteiger partial charge in [-0.25, -0.2) is 4.79 Å². The average Bonchev–Trinajstić information content (AvgIpc) is 3.30. The SMILES string of the molecule is Cc1oc2c(C)c3oc(=O)c(CCC(=O)N4CC5CC(C4)C4CCCC(=O)N4C5)c(C)c3cc2c1-c1ccccc1. The van der Waals surface area contributed by atoms with E-state index in [1.165, 1.54) is 0 Å². The molecule has 2 aromatic heterocycles. The number of amides is 2. The summed E-state index contributed by atoms with van der Waals surface area (Å²) in [5, 5.41) is 1.87. The average molecular weight is 553 g/mol. The number of likely N-dealkylation sites (tertiary alicyclic amines) is 1. The Bertz CT molecular complexity index is 1750. The fourth-order valence-corrected chi connectivity index (χ4v) is 7.83. The molecule has 7 nitrogen and oxygen atoms in total. The standard InChI is InChI=1S/C34H36N2O5/c1-19-25(12-13-29(37)35-16-22-14-24(18-35)28-10-7-11-30(38)36(28)17-22)34(39)41-32-20(2)33-27(15-26(19)32)31(21(3)40-33)23-8-5-4-6-9-23/h4-6,8-9,15,22,24,28H,7,10-14,16-18H2,1-3H3. The normalized spacial score (nSPS) is 22.4. The molecular formula is C34H36N2O5. The van der Waals surface area contributed by atoms with E-state index in [-0.39, 0.29) is 29.9 Å². The van der Waals surface area contributed by atoms with E-state index in [0.29, 0.717) is 48.9 Å². The number of carbonyl (C=O) groups is 2. The van der Waals surface area contributed by atoms with Crippen molar-refractivity contribution in [3.63, 3.8) is 0 Å². The first-order chi connectivity index (χ1) is 19.8. The lowest BCUT2D eigenvalue weighted by molar-refractivity contribution is -0.148. The summed E-state index contributed by atoms with van der Waals surface area (Å²) in [5.74, 6) is 1.88. The molecule has 4 aromatic rings. The van der Waals surface area contributed by atoms with Crippen molar-refractivity contribution < 1.29 is 18.4 Å². The molecular weight excluding hydrogens is 516 g/mol. The molecule has 3 aliphatic heterocycles. The molecule has 0 radical (unpaired) electrons. The Morgan fingerprint density at radius 2 is 1.73 bits per heavy atom. The number of benzene rings is 2. The van der Waals surface area contributed by atoms with Gasteiger partial charge < -0.3 is 18.6 Å². The molecule has 3 unspecified atom stereocenters. The Kier molecular flexibility index (Phi) is 6.29. The fourth-order valence-electron chi connectivity index (χ4n) is 7.83. The van der Waals surface area contributed by atoms with Gasteiger partial charge in [-0.05, 0) is 75.5 Å². The van der Waals surface area contributed by atoms with E-state index in [4.69, 9.17) is 8.83 Å². The number of carbonyl (C=O) groups excluding carboxylic acids is 2. The minimum atomic E-state index is -0.385. The predicted molar refractivity (Wildman–Crippen MR) is 158 cm³/mol. The van der Waals surface area contributed by atoms with E-state index in [0.717, 1.165) is 70.2 Å². The molecule has 5 heterocycles. The zero-order valence-corrected chi connectivity index (χ0v) is 24.0. The third kappa shape index (κ3) is 4.28. The Hall–Kier alpha value is -3.87. The molecule has 0 aliphatic carbocycles. The smallest absolute Gasteiger partial charge is 0.339 e. The summed E-state index contributed by atoms with van der Waals surface area (Å²) in [6, 6.07) is 12.5. The Balaban J connectivity index is 1.17. The summed E-state index contributed by atoms with van der Waals surface area (Å²) in [5.41, 5.74) is 5.24. The van der Waals surface area contributed by atoms with Crippen LogP contribution >= 0.6 is 0 Å². The summed E-state index contributed by atoms with van der Waals surface area (Å²) in [6.45, 7) is 8.01. The molecule has 0 spiro atoms. The van der Waals surface area contributed by atoms with Crippen LogP contribution < -0.4 is 5.63 Å². The molecule has 2 amide bonds. The summed E-state index contributed by atoms with van der Waals surface area (Å²) in [7, 11) is 0. The van der Waals surface area contributed by atoms with Crippen LogP contribution in [0.2, 0.25) is 0 Å². The Morgan fingerprint density at radius 1 is 0.951 bits per heavy atom. The van der Waals surface area contributed by atoms with E-state index >= 15 is 0 Å². The number of piperidine rings is 3. The molecule has 2 aromatic carbocycles. The van der Waals surface area contributed by atoms with Gasteiger partial charge in [0.15, 0.2) is 0 Å². The summed E-state index contributed by atoms with van der Waals surface area (Å²) < 4.78 is 12.1. The lowest BCUT2D eigenvalue weighted by Gasteiger charge is -2.52. The van der Waals surface area contributed by atoms with Crippen LogP contribution in [0.15, 0.2) is 50.0 Å². The minimum absolute atomic E-state index is 0.0811. The van der Waals surface area contributed by atoms with Crippen molar-refractivity contribution in [1.82, 2.24) is 9.80 Å². The Labute approximate surface area is 239 Å². The van der Waals surface area contributed by atoms with E-state index in [1.54, 1.807) is 0 Å². The molecule has 3 saturated heterocycles. The maximum atomic E-state index is 13.4. The topological polar surface area (TPSA) is 84.0 Å². The number of rotatable bonds is 4. The molecule has 3 atom stereocenters. The van der Waals surface area contributed by atoms with E-state index < -0.39 is 0 Å². The highest BCUT2D eigenvalue weighted by Crippen LogP contribution is 2.40. The van der Waals surface area contributed by atoms with Crippen LogP contribution in [0, 0.1) is 32.6 Å². The molecule has 0 saturated carbocycles. The van der Waals surface area contributed by atoms with E-state index in [9.17, 15) is 14.4 Å². The van der Waals surface area contributed by atoms with Gasteiger partial charge in [0, 0.05) is 66.0 Å². The van der Waals surface area contributed by atoms with Crippen LogP contribution in [0.1, 0.15) is 54.6 Å². The van der Waals surface area contributed by atoms with E-state index in [2.05, 4.69) is 23.1 Å². The van der Waals surface area contributed by atoms with Crippen LogP contribution in [0.5, 0.6) is 0 Å². The highest BCUT2D eigenvalue weighted by molar-refractivity contribution is 6.05. The largest absolute Gasteiger partial charge is 0.460 e. The number of aryl methyl sites for hydroxylation is 3. The Morgan fingerprint density at radius 3 is 2.54 bits per heavy atom. The number of nitrogens with zero attached hydrogens (tertiary/aromatic N) is 2. The first-order valence-corrected chi connectivity index (χ1v) is 14.9. The lowest BCUT2D eigenvalue weighted by atomic mass is 9.76. The van der Waals surface area contributed by atoms with Crippen molar-refractivity contribution in [3.05, 3.63) is 69.3 Å².